The number of rotatable bonds is 5. The van der Waals surface area contributed by atoms with Crippen molar-refractivity contribution < 1.29 is 14.3 Å². The van der Waals surface area contributed by atoms with E-state index >= 15 is 0 Å². The lowest BCUT2D eigenvalue weighted by molar-refractivity contribution is -0.115. The van der Waals surface area contributed by atoms with E-state index in [1.807, 2.05) is 53.2 Å². The number of methoxy groups -OCH3 is 1. The molecule has 1 aromatic carbocycles. The van der Waals surface area contributed by atoms with Crippen molar-refractivity contribution in [3.8, 4) is 11.3 Å². The molecule has 0 spiro atoms. The lowest BCUT2D eigenvalue weighted by atomic mass is 10.2. The number of thiophene rings is 1. The Bertz CT molecular complexity index is 1160. The molecule has 8 heteroatoms. The Morgan fingerprint density at radius 1 is 1.25 bits per heavy atom. The molecule has 0 atom stereocenters. The number of amides is 1. The highest BCUT2D eigenvalue weighted by Crippen LogP contribution is 2.29. The molecular weight excluding hydrogens is 394 g/mol. The zero-order valence-corrected chi connectivity index (χ0v) is 16.9. The molecule has 28 heavy (non-hydrogen) atoms. The number of nitrogens with one attached hydrogen (secondary N) is 1. The van der Waals surface area contributed by atoms with Crippen LogP contribution in [0, 0.1) is 6.92 Å². The monoisotopic (exact) mass is 411 g/mol. The maximum Gasteiger partial charge on any atom is 0.340 e. The average Bonchev–Trinajstić information content (AvgIpc) is 3.37. The van der Waals surface area contributed by atoms with Crippen LogP contribution in [0.2, 0.25) is 0 Å². The van der Waals surface area contributed by atoms with Gasteiger partial charge in [-0.3, -0.25) is 9.20 Å². The summed E-state index contributed by atoms with van der Waals surface area (Å²) in [7, 11) is 1.33. The van der Waals surface area contributed by atoms with Gasteiger partial charge in [0.15, 0.2) is 4.96 Å². The Kier molecular flexibility index (Phi) is 4.97. The molecule has 1 amide bonds. The molecule has 0 saturated carbocycles. The molecule has 0 unspecified atom stereocenters. The average molecular weight is 412 g/mol. The second-order valence-corrected chi connectivity index (χ2v) is 8.28. The predicted octanol–water partition coefficient (Wildman–Crippen LogP) is 4.40. The number of imidazole rings is 1. The highest BCUT2D eigenvalue weighted by atomic mass is 32.1. The molecule has 4 rings (SSSR count). The summed E-state index contributed by atoms with van der Waals surface area (Å²) in [6, 6.07) is 11.6. The number of thiazole rings is 1. The van der Waals surface area contributed by atoms with Gasteiger partial charge < -0.3 is 10.1 Å². The summed E-state index contributed by atoms with van der Waals surface area (Å²) >= 11 is 2.85. The Balaban J connectivity index is 1.55. The maximum atomic E-state index is 12.6. The van der Waals surface area contributed by atoms with Gasteiger partial charge in [0.2, 0.25) is 5.91 Å². The van der Waals surface area contributed by atoms with Gasteiger partial charge in [-0.05, 0) is 13.0 Å². The molecule has 0 saturated heterocycles. The number of aryl methyl sites for hydroxylation is 1. The topological polar surface area (TPSA) is 72.7 Å². The van der Waals surface area contributed by atoms with Gasteiger partial charge in [-0.25, -0.2) is 9.78 Å². The Hall–Kier alpha value is -2.97. The van der Waals surface area contributed by atoms with E-state index in [9.17, 15) is 9.59 Å². The van der Waals surface area contributed by atoms with E-state index in [4.69, 9.17) is 4.74 Å². The molecule has 6 nitrogen and oxygen atoms in total. The van der Waals surface area contributed by atoms with Gasteiger partial charge in [0, 0.05) is 27.7 Å². The molecule has 1 N–H and O–H groups in total. The summed E-state index contributed by atoms with van der Waals surface area (Å²) in [6.07, 6.45) is 2.13. The Morgan fingerprint density at radius 2 is 2.04 bits per heavy atom. The van der Waals surface area contributed by atoms with Gasteiger partial charge in [0.1, 0.15) is 5.00 Å². The van der Waals surface area contributed by atoms with Crippen molar-refractivity contribution in [2.75, 3.05) is 12.4 Å². The van der Waals surface area contributed by atoms with Crippen LogP contribution in [0.4, 0.5) is 5.00 Å². The minimum absolute atomic E-state index is 0.183. The number of carbonyl (C=O) groups excluding carboxylic acids is 2. The second kappa shape index (κ2) is 7.57. The van der Waals surface area contributed by atoms with E-state index in [0.717, 1.165) is 26.8 Å². The van der Waals surface area contributed by atoms with E-state index in [-0.39, 0.29) is 12.3 Å². The predicted molar refractivity (Wildman–Crippen MR) is 111 cm³/mol. The van der Waals surface area contributed by atoms with Crippen LogP contribution in [0.3, 0.4) is 0 Å². The number of hydrogen-bond acceptors (Lipinski definition) is 6. The van der Waals surface area contributed by atoms with Gasteiger partial charge in [0.25, 0.3) is 0 Å². The number of esters is 1. The summed E-state index contributed by atoms with van der Waals surface area (Å²) in [5.41, 5.74) is 3.13. The summed E-state index contributed by atoms with van der Waals surface area (Å²) in [5, 5.41) is 5.28. The minimum atomic E-state index is -0.459. The summed E-state index contributed by atoms with van der Waals surface area (Å²) < 4.78 is 6.72. The molecule has 4 aromatic rings. The molecule has 0 fully saturated rings. The minimum Gasteiger partial charge on any atom is -0.465 e. The van der Waals surface area contributed by atoms with E-state index < -0.39 is 5.97 Å². The maximum absolute atomic E-state index is 12.6. The fourth-order valence-electron chi connectivity index (χ4n) is 2.91. The van der Waals surface area contributed by atoms with Crippen molar-refractivity contribution in [1.82, 2.24) is 9.38 Å². The standard InChI is InChI=1S/C20H17N3O3S2/c1-12-8-15(19(25)26-2)18(28-12)22-17(24)9-14-11-27-20-21-16(10-23(14)20)13-6-4-3-5-7-13/h3-8,10-11H,9H2,1-2H3,(H,22,24). The van der Waals surface area contributed by atoms with E-state index in [1.165, 1.54) is 29.8 Å². The first-order valence-electron chi connectivity index (χ1n) is 8.54. The van der Waals surface area contributed by atoms with Gasteiger partial charge in [-0.2, -0.15) is 0 Å². The number of fused-ring (bicyclic) bond motifs is 1. The van der Waals surface area contributed by atoms with Crippen LogP contribution in [0.1, 0.15) is 20.9 Å². The fraction of sp³-hybridized carbons (Fsp3) is 0.150. The molecule has 142 valence electrons. The molecule has 0 bridgehead atoms. The SMILES string of the molecule is COC(=O)c1cc(C)sc1NC(=O)Cc1csc2nc(-c3ccccc3)cn12. The molecule has 3 aromatic heterocycles. The number of carbonyl (C=O) groups is 2. The second-order valence-electron chi connectivity index (χ2n) is 6.19. The largest absolute Gasteiger partial charge is 0.465 e. The molecule has 0 radical (unpaired) electrons. The van der Waals surface area contributed by atoms with Gasteiger partial charge in [-0.1, -0.05) is 30.3 Å². The first kappa shape index (κ1) is 18.4. The zero-order chi connectivity index (χ0) is 19.7. The van der Waals surface area contributed by atoms with Crippen LogP contribution in [0.25, 0.3) is 16.2 Å². The van der Waals surface area contributed by atoms with Crippen molar-refractivity contribution in [2.24, 2.45) is 0 Å². The van der Waals surface area contributed by atoms with Crippen LogP contribution in [-0.2, 0) is 16.0 Å². The van der Waals surface area contributed by atoms with E-state index in [1.54, 1.807) is 6.07 Å². The van der Waals surface area contributed by atoms with Crippen LogP contribution >= 0.6 is 22.7 Å². The smallest absolute Gasteiger partial charge is 0.340 e. The lowest BCUT2D eigenvalue weighted by Crippen LogP contribution is -2.16. The molecule has 0 aliphatic heterocycles. The van der Waals surface area contributed by atoms with Crippen LogP contribution in [-0.4, -0.2) is 28.4 Å². The van der Waals surface area contributed by atoms with Crippen LogP contribution < -0.4 is 5.32 Å². The van der Waals surface area contributed by atoms with Crippen molar-refractivity contribution in [1.29, 1.82) is 0 Å². The third kappa shape index (κ3) is 3.56. The molecule has 0 aliphatic rings. The van der Waals surface area contributed by atoms with Crippen molar-refractivity contribution >= 4 is 44.5 Å². The van der Waals surface area contributed by atoms with Crippen molar-refractivity contribution in [2.45, 2.75) is 13.3 Å². The van der Waals surface area contributed by atoms with Crippen molar-refractivity contribution in [3.05, 3.63) is 64.1 Å². The van der Waals surface area contributed by atoms with Gasteiger partial charge >= 0.3 is 5.97 Å². The molecular formula is C20H17N3O3S2. The number of nitrogens with zero attached hydrogens (tertiary/aromatic N) is 2. The first-order valence-corrected chi connectivity index (χ1v) is 10.2. The molecule has 3 heterocycles. The third-order valence-corrected chi connectivity index (χ3v) is 6.06. The summed E-state index contributed by atoms with van der Waals surface area (Å²) in [6.45, 7) is 1.88. The highest BCUT2D eigenvalue weighted by Gasteiger charge is 2.18. The molecule has 0 aliphatic carbocycles. The Labute approximate surface area is 169 Å². The zero-order valence-electron chi connectivity index (χ0n) is 15.3. The number of aromatic nitrogens is 2. The van der Waals surface area contributed by atoms with Crippen LogP contribution in [0.15, 0.2) is 48.0 Å². The van der Waals surface area contributed by atoms with E-state index in [2.05, 4.69) is 10.3 Å². The summed E-state index contributed by atoms with van der Waals surface area (Å²) in [5.74, 6) is -0.652. The highest BCUT2D eigenvalue weighted by molar-refractivity contribution is 7.16. The third-order valence-electron chi connectivity index (χ3n) is 4.21. The first-order chi connectivity index (χ1) is 13.5. The lowest BCUT2D eigenvalue weighted by Gasteiger charge is -2.05. The quantitative estimate of drug-likeness (QED) is 0.494. The number of benzene rings is 1. The number of anilines is 1. The normalized spacial score (nSPS) is 10.9. The summed E-state index contributed by atoms with van der Waals surface area (Å²) in [4.78, 5) is 30.9. The number of ether oxygens (including phenoxy) is 1. The number of hydrogen-bond donors (Lipinski definition) is 1. The Morgan fingerprint density at radius 3 is 2.79 bits per heavy atom. The van der Waals surface area contributed by atoms with Crippen molar-refractivity contribution in [3.63, 3.8) is 0 Å². The van der Waals surface area contributed by atoms with Gasteiger partial charge in [0.05, 0.1) is 24.8 Å². The van der Waals surface area contributed by atoms with Gasteiger partial charge in [-0.15, -0.1) is 22.7 Å². The fourth-order valence-corrected chi connectivity index (χ4v) is 4.70. The van der Waals surface area contributed by atoms with E-state index in [0.29, 0.717) is 10.6 Å². The van der Waals surface area contributed by atoms with Crippen LogP contribution in [0.5, 0.6) is 0 Å².